The Morgan fingerprint density at radius 2 is 2.11 bits per heavy atom. The maximum Gasteiger partial charge on any atom is 0.351 e. The van der Waals surface area contributed by atoms with Gasteiger partial charge in [0.25, 0.3) is 5.91 Å². The lowest BCUT2D eigenvalue weighted by atomic mass is 9.98. The van der Waals surface area contributed by atoms with Gasteiger partial charge >= 0.3 is 5.69 Å². The van der Waals surface area contributed by atoms with E-state index in [-0.39, 0.29) is 29.9 Å². The molecule has 1 aromatic heterocycles. The van der Waals surface area contributed by atoms with Crippen molar-refractivity contribution in [1.82, 2.24) is 9.55 Å². The number of nitrogens with zero attached hydrogens (tertiary/aromatic N) is 2. The van der Waals surface area contributed by atoms with E-state index in [9.17, 15) is 9.59 Å². The molecule has 1 N–H and O–H groups in total. The van der Waals surface area contributed by atoms with E-state index in [4.69, 9.17) is 9.47 Å². The summed E-state index contributed by atoms with van der Waals surface area (Å²) in [5.41, 5.74) is -0.0166. The Balaban J connectivity index is 1.80. The molecule has 2 aromatic rings. The highest BCUT2D eigenvalue weighted by atomic mass is 16.6. The Hall–Kier alpha value is -2.77. The van der Waals surface area contributed by atoms with Gasteiger partial charge in [0.1, 0.15) is 11.9 Å². The van der Waals surface area contributed by atoms with E-state index in [0.717, 1.165) is 6.42 Å². The average molecular weight is 383 g/mol. The minimum Gasteiger partial charge on any atom is -0.369 e. The molecule has 0 unspecified atom stereocenters. The molecule has 2 heterocycles. The Labute approximate surface area is 164 Å². The van der Waals surface area contributed by atoms with E-state index in [1.807, 2.05) is 13.0 Å². The average Bonchev–Trinajstić information content (AvgIpc) is 3.02. The summed E-state index contributed by atoms with van der Waals surface area (Å²) in [5, 5.41) is 2.64. The van der Waals surface area contributed by atoms with E-state index in [0.29, 0.717) is 12.2 Å². The predicted octanol–water partition coefficient (Wildman–Crippen LogP) is 3.01. The summed E-state index contributed by atoms with van der Waals surface area (Å²) in [6.45, 7) is 8.14. The van der Waals surface area contributed by atoms with Crippen molar-refractivity contribution in [3.63, 3.8) is 0 Å². The van der Waals surface area contributed by atoms with Gasteiger partial charge in [-0.1, -0.05) is 38.1 Å². The highest BCUT2D eigenvalue weighted by Crippen LogP contribution is 2.36. The maximum absolute atomic E-state index is 12.6. The minimum absolute atomic E-state index is 0.0100. The Kier molecular flexibility index (Phi) is 6.38. The van der Waals surface area contributed by atoms with E-state index in [1.165, 1.54) is 4.57 Å². The van der Waals surface area contributed by atoms with Crippen LogP contribution < -0.4 is 11.0 Å². The molecule has 0 saturated carbocycles. The number of benzene rings is 1. The van der Waals surface area contributed by atoms with Gasteiger partial charge in [-0.25, -0.2) is 4.79 Å². The minimum atomic E-state index is -0.571. The Bertz CT molecular complexity index is 881. The number of aromatic nitrogens is 2. The van der Waals surface area contributed by atoms with Gasteiger partial charge in [-0.15, -0.1) is 6.58 Å². The van der Waals surface area contributed by atoms with Crippen LogP contribution in [0.1, 0.15) is 36.9 Å². The van der Waals surface area contributed by atoms with Crippen LogP contribution in [-0.2, 0) is 9.47 Å². The molecule has 0 bridgehead atoms. The van der Waals surface area contributed by atoms with Gasteiger partial charge in [0, 0.05) is 17.7 Å². The summed E-state index contributed by atoms with van der Waals surface area (Å²) in [4.78, 5) is 28.9. The maximum atomic E-state index is 12.6. The second-order valence-corrected chi connectivity index (χ2v) is 6.74. The monoisotopic (exact) mass is 383 g/mol. The fourth-order valence-corrected chi connectivity index (χ4v) is 3.41. The van der Waals surface area contributed by atoms with Crippen molar-refractivity contribution in [1.29, 1.82) is 0 Å². The number of nitrogens with one attached hydrogen (secondary N) is 1. The molecule has 1 aliphatic heterocycles. The van der Waals surface area contributed by atoms with Crippen molar-refractivity contribution in [2.45, 2.75) is 38.7 Å². The van der Waals surface area contributed by atoms with Crippen molar-refractivity contribution >= 4 is 11.7 Å². The first kappa shape index (κ1) is 20.0. The van der Waals surface area contributed by atoms with Crippen LogP contribution in [0.5, 0.6) is 0 Å². The first-order chi connectivity index (χ1) is 13.5. The summed E-state index contributed by atoms with van der Waals surface area (Å²) < 4.78 is 13.4. The molecule has 7 heteroatoms. The van der Waals surface area contributed by atoms with Crippen molar-refractivity contribution in [3.8, 4) is 0 Å². The zero-order valence-corrected chi connectivity index (χ0v) is 16.1. The number of amides is 1. The highest BCUT2D eigenvalue weighted by molar-refractivity contribution is 6.03. The lowest BCUT2D eigenvalue weighted by Crippen LogP contribution is -2.35. The Morgan fingerprint density at radius 3 is 2.75 bits per heavy atom. The molecule has 148 valence electrons. The first-order valence-electron chi connectivity index (χ1n) is 9.38. The number of carbonyl (C=O) groups excluding carboxylic acids is 1. The standard InChI is InChI=1S/C21H25N3O4/c1-4-13-27-18-14(3)16(5-2)28-20(18)24-12-11-17(23-21(24)26)22-19(25)15-9-7-6-8-10-15/h4,6-12,14,16,18,20H,1,5,13H2,2-3H3,(H,22,23,25,26)/t14-,16-,18-,20-/m1/s1. The molecule has 1 saturated heterocycles. The fourth-order valence-electron chi connectivity index (χ4n) is 3.41. The molecular formula is C21H25N3O4. The molecule has 4 atom stereocenters. The van der Waals surface area contributed by atoms with Gasteiger partial charge in [-0.05, 0) is 24.6 Å². The van der Waals surface area contributed by atoms with Gasteiger partial charge in [-0.3, -0.25) is 9.36 Å². The first-order valence-corrected chi connectivity index (χ1v) is 9.38. The van der Waals surface area contributed by atoms with Crippen molar-refractivity contribution in [2.75, 3.05) is 11.9 Å². The van der Waals surface area contributed by atoms with E-state index in [1.54, 1.807) is 42.6 Å². The van der Waals surface area contributed by atoms with Crippen molar-refractivity contribution in [3.05, 3.63) is 71.3 Å². The third-order valence-electron chi connectivity index (χ3n) is 4.89. The quantitative estimate of drug-likeness (QED) is 0.743. The lowest BCUT2D eigenvalue weighted by molar-refractivity contribution is -0.0603. The molecule has 0 spiro atoms. The second kappa shape index (κ2) is 8.95. The zero-order valence-electron chi connectivity index (χ0n) is 16.1. The van der Waals surface area contributed by atoms with Crippen LogP contribution in [0, 0.1) is 5.92 Å². The van der Waals surface area contributed by atoms with Crippen molar-refractivity contribution < 1.29 is 14.3 Å². The third kappa shape index (κ3) is 4.21. The predicted molar refractivity (Wildman–Crippen MR) is 106 cm³/mol. The molecular weight excluding hydrogens is 358 g/mol. The second-order valence-electron chi connectivity index (χ2n) is 6.74. The van der Waals surface area contributed by atoms with Crippen LogP contribution in [0.2, 0.25) is 0 Å². The van der Waals surface area contributed by atoms with Crippen LogP contribution in [0.4, 0.5) is 5.82 Å². The van der Waals surface area contributed by atoms with E-state index >= 15 is 0 Å². The summed E-state index contributed by atoms with van der Waals surface area (Å²) in [7, 11) is 0. The number of anilines is 1. The summed E-state index contributed by atoms with van der Waals surface area (Å²) in [5.74, 6) is -0.00899. The van der Waals surface area contributed by atoms with Crippen LogP contribution in [0.25, 0.3) is 0 Å². The molecule has 1 aliphatic rings. The Morgan fingerprint density at radius 1 is 1.36 bits per heavy atom. The lowest BCUT2D eigenvalue weighted by Gasteiger charge is -2.22. The topological polar surface area (TPSA) is 82.4 Å². The fraction of sp³-hybridized carbons (Fsp3) is 0.381. The summed E-state index contributed by atoms with van der Waals surface area (Å²) >= 11 is 0. The SMILES string of the molecule is C=CCO[C@@H]1[C@H](C)[C@@H](CC)O[C@H]1n1ccc(NC(=O)c2ccccc2)nc1=O. The van der Waals surface area contributed by atoms with Crippen molar-refractivity contribution in [2.24, 2.45) is 5.92 Å². The molecule has 0 aliphatic carbocycles. The molecule has 1 fully saturated rings. The molecule has 28 heavy (non-hydrogen) atoms. The number of rotatable bonds is 7. The summed E-state index contributed by atoms with van der Waals surface area (Å²) in [6, 6.07) is 10.3. The van der Waals surface area contributed by atoms with Crippen LogP contribution in [-0.4, -0.2) is 34.3 Å². The normalized spacial score (nSPS) is 24.1. The van der Waals surface area contributed by atoms with Gasteiger partial charge in [0.15, 0.2) is 6.23 Å². The van der Waals surface area contributed by atoms with Crippen LogP contribution in [0.3, 0.4) is 0 Å². The number of ether oxygens (including phenoxy) is 2. The number of carbonyl (C=O) groups is 1. The van der Waals surface area contributed by atoms with Crippen LogP contribution >= 0.6 is 0 Å². The summed E-state index contributed by atoms with van der Waals surface area (Å²) in [6.07, 6.45) is 3.20. The molecule has 1 aromatic carbocycles. The molecule has 0 radical (unpaired) electrons. The molecule has 7 nitrogen and oxygen atoms in total. The van der Waals surface area contributed by atoms with E-state index < -0.39 is 11.9 Å². The highest BCUT2D eigenvalue weighted by Gasteiger charge is 2.43. The van der Waals surface area contributed by atoms with Gasteiger partial charge < -0.3 is 14.8 Å². The van der Waals surface area contributed by atoms with Gasteiger partial charge in [0.05, 0.1) is 12.7 Å². The van der Waals surface area contributed by atoms with Gasteiger partial charge in [-0.2, -0.15) is 4.98 Å². The smallest absolute Gasteiger partial charge is 0.351 e. The van der Waals surface area contributed by atoms with Crippen LogP contribution in [0.15, 0.2) is 60.0 Å². The number of hydrogen-bond acceptors (Lipinski definition) is 5. The zero-order chi connectivity index (χ0) is 20.1. The molecule has 3 rings (SSSR count). The largest absolute Gasteiger partial charge is 0.369 e. The third-order valence-corrected chi connectivity index (χ3v) is 4.89. The van der Waals surface area contributed by atoms with Gasteiger partial charge in [0.2, 0.25) is 0 Å². The number of hydrogen-bond donors (Lipinski definition) is 1. The molecule has 1 amide bonds. The van der Waals surface area contributed by atoms with E-state index in [2.05, 4.69) is 23.8 Å².